The van der Waals surface area contributed by atoms with Gasteiger partial charge in [-0.1, -0.05) is 31.5 Å². The van der Waals surface area contributed by atoms with Crippen LogP contribution in [0.2, 0.25) is 0 Å². The van der Waals surface area contributed by atoms with E-state index in [0.717, 1.165) is 25.8 Å². The summed E-state index contributed by atoms with van der Waals surface area (Å²) in [6.07, 6.45) is 3.40. The van der Waals surface area contributed by atoms with Crippen LogP contribution in [0.5, 0.6) is 5.75 Å². The molecule has 1 aromatic carbocycles. The number of hydrogen-bond donors (Lipinski definition) is 0. The minimum absolute atomic E-state index is 0.0169. The molecule has 1 aromatic rings. The van der Waals surface area contributed by atoms with E-state index in [-0.39, 0.29) is 18.4 Å². The zero-order valence-corrected chi connectivity index (χ0v) is 13.9. The van der Waals surface area contributed by atoms with Gasteiger partial charge >= 0.3 is 0 Å². The lowest BCUT2D eigenvalue weighted by Crippen LogP contribution is -2.39. The summed E-state index contributed by atoms with van der Waals surface area (Å²) in [5.41, 5.74) is 0. The third-order valence-electron chi connectivity index (χ3n) is 4.05. The van der Waals surface area contributed by atoms with Crippen LogP contribution < -0.4 is 4.74 Å². The molecule has 0 N–H and O–H groups in total. The number of nitrogens with zero attached hydrogens (tertiary/aromatic N) is 2. The lowest BCUT2D eigenvalue weighted by Gasteiger charge is -2.22. The highest BCUT2D eigenvalue weighted by molar-refractivity contribution is 5.78. The van der Waals surface area contributed by atoms with Crippen molar-refractivity contribution in [3.8, 4) is 5.75 Å². The fourth-order valence-corrected chi connectivity index (χ4v) is 2.66. The number of rotatable bonds is 6. The predicted octanol–water partition coefficient (Wildman–Crippen LogP) is 2.32. The molecular formula is C18H26N2O3. The van der Waals surface area contributed by atoms with Crippen molar-refractivity contribution in [2.75, 3.05) is 32.8 Å². The molecule has 1 aliphatic heterocycles. The van der Waals surface area contributed by atoms with E-state index >= 15 is 0 Å². The highest BCUT2D eigenvalue weighted by Crippen LogP contribution is 2.10. The smallest absolute Gasteiger partial charge is 0.260 e. The Morgan fingerprint density at radius 3 is 2.30 bits per heavy atom. The third-order valence-corrected chi connectivity index (χ3v) is 4.05. The molecule has 1 saturated heterocycles. The third kappa shape index (κ3) is 5.58. The van der Waals surface area contributed by atoms with Gasteiger partial charge in [0, 0.05) is 32.6 Å². The van der Waals surface area contributed by atoms with Gasteiger partial charge in [0.1, 0.15) is 5.75 Å². The van der Waals surface area contributed by atoms with Crippen LogP contribution in [0, 0.1) is 0 Å². The number of para-hydroxylation sites is 1. The summed E-state index contributed by atoms with van der Waals surface area (Å²) < 4.78 is 5.52. The number of carbonyl (C=O) groups excluding carboxylic acids is 2. The van der Waals surface area contributed by atoms with Crippen LogP contribution in [0.25, 0.3) is 0 Å². The Morgan fingerprint density at radius 1 is 1.00 bits per heavy atom. The molecule has 0 saturated carbocycles. The molecule has 0 aliphatic carbocycles. The SMILES string of the molecule is CCCCC(=O)N1CCCN(C(=O)COc2ccccc2)CC1. The number of hydrogen-bond acceptors (Lipinski definition) is 3. The Hall–Kier alpha value is -2.04. The molecule has 1 aliphatic rings. The minimum atomic E-state index is -0.0169. The zero-order valence-electron chi connectivity index (χ0n) is 13.9. The van der Waals surface area contributed by atoms with Crippen LogP contribution in [0.3, 0.4) is 0 Å². The van der Waals surface area contributed by atoms with Crippen LogP contribution in [0.4, 0.5) is 0 Å². The quantitative estimate of drug-likeness (QED) is 0.809. The van der Waals surface area contributed by atoms with Crippen molar-refractivity contribution in [2.24, 2.45) is 0 Å². The zero-order chi connectivity index (χ0) is 16.5. The predicted molar refractivity (Wildman–Crippen MR) is 89.2 cm³/mol. The second-order valence-electron chi connectivity index (χ2n) is 5.82. The largest absolute Gasteiger partial charge is 0.484 e. The molecule has 0 aromatic heterocycles. The average Bonchev–Trinajstić information content (AvgIpc) is 2.84. The highest BCUT2D eigenvalue weighted by Gasteiger charge is 2.21. The van der Waals surface area contributed by atoms with Crippen molar-refractivity contribution >= 4 is 11.8 Å². The molecule has 5 heteroatoms. The van der Waals surface area contributed by atoms with E-state index in [0.29, 0.717) is 31.8 Å². The molecule has 1 fully saturated rings. The summed E-state index contributed by atoms with van der Waals surface area (Å²) in [6, 6.07) is 9.35. The van der Waals surface area contributed by atoms with E-state index in [1.54, 1.807) is 4.90 Å². The van der Waals surface area contributed by atoms with Crippen molar-refractivity contribution in [1.82, 2.24) is 9.80 Å². The van der Waals surface area contributed by atoms with E-state index in [1.165, 1.54) is 0 Å². The maximum absolute atomic E-state index is 12.3. The van der Waals surface area contributed by atoms with Crippen molar-refractivity contribution in [3.63, 3.8) is 0 Å². The Balaban J connectivity index is 1.78. The van der Waals surface area contributed by atoms with Gasteiger partial charge in [-0.05, 0) is 25.0 Å². The highest BCUT2D eigenvalue weighted by atomic mass is 16.5. The maximum Gasteiger partial charge on any atom is 0.260 e. The number of carbonyl (C=O) groups is 2. The van der Waals surface area contributed by atoms with Gasteiger partial charge < -0.3 is 14.5 Å². The van der Waals surface area contributed by atoms with Crippen LogP contribution in [-0.4, -0.2) is 54.4 Å². The van der Waals surface area contributed by atoms with Crippen LogP contribution in [0.15, 0.2) is 30.3 Å². The maximum atomic E-state index is 12.3. The average molecular weight is 318 g/mol. The summed E-state index contributed by atoms with van der Waals surface area (Å²) in [7, 11) is 0. The summed E-state index contributed by atoms with van der Waals surface area (Å²) >= 11 is 0. The van der Waals surface area contributed by atoms with Crippen LogP contribution in [-0.2, 0) is 9.59 Å². The van der Waals surface area contributed by atoms with Gasteiger partial charge in [-0.15, -0.1) is 0 Å². The first-order chi connectivity index (χ1) is 11.2. The lowest BCUT2D eigenvalue weighted by atomic mass is 10.2. The molecule has 5 nitrogen and oxygen atoms in total. The molecular weight excluding hydrogens is 292 g/mol. The first-order valence-electron chi connectivity index (χ1n) is 8.44. The van der Waals surface area contributed by atoms with E-state index in [9.17, 15) is 9.59 Å². The van der Waals surface area contributed by atoms with Gasteiger partial charge in [0.05, 0.1) is 0 Å². The summed E-state index contributed by atoms with van der Waals surface area (Å²) in [5.74, 6) is 0.894. The van der Waals surface area contributed by atoms with E-state index in [4.69, 9.17) is 4.74 Å². The summed E-state index contributed by atoms with van der Waals surface area (Å²) in [4.78, 5) is 28.1. The number of unbranched alkanes of at least 4 members (excludes halogenated alkanes) is 1. The number of benzene rings is 1. The second-order valence-corrected chi connectivity index (χ2v) is 5.82. The van der Waals surface area contributed by atoms with Crippen LogP contribution in [0.1, 0.15) is 32.6 Å². The normalized spacial score (nSPS) is 15.2. The van der Waals surface area contributed by atoms with Gasteiger partial charge in [0.25, 0.3) is 5.91 Å². The topological polar surface area (TPSA) is 49.9 Å². The van der Waals surface area contributed by atoms with Crippen LogP contribution >= 0.6 is 0 Å². The Labute approximate surface area is 138 Å². The first kappa shape index (κ1) is 17.3. The van der Waals surface area contributed by atoms with E-state index in [1.807, 2.05) is 35.2 Å². The summed E-state index contributed by atoms with van der Waals surface area (Å²) in [6.45, 7) is 4.78. The van der Waals surface area contributed by atoms with Gasteiger partial charge in [-0.2, -0.15) is 0 Å². The molecule has 0 radical (unpaired) electrons. The molecule has 0 unspecified atom stereocenters. The van der Waals surface area contributed by atoms with Crippen molar-refractivity contribution in [3.05, 3.63) is 30.3 Å². The molecule has 1 heterocycles. The Morgan fingerprint density at radius 2 is 1.65 bits per heavy atom. The second kappa shape index (κ2) is 9.18. The molecule has 2 rings (SSSR count). The molecule has 23 heavy (non-hydrogen) atoms. The van der Waals surface area contributed by atoms with E-state index < -0.39 is 0 Å². The standard InChI is InChI=1S/C18H26N2O3/c1-2-3-10-17(21)19-11-7-12-20(14-13-19)18(22)15-23-16-8-5-4-6-9-16/h4-6,8-9H,2-3,7,10-15H2,1H3. The number of amides is 2. The Bertz CT molecular complexity index is 504. The number of ether oxygens (including phenoxy) is 1. The van der Waals surface area contributed by atoms with Gasteiger partial charge in [-0.3, -0.25) is 9.59 Å². The Kier molecular flexibility index (Phi) is 6.91. The summed E-state index contributed by atoms with van der Waals surface area (Å²) in [5, 5.41) is 0. The van der Waals surface area contributed by atoms with Crippen molar-refractivity contribution in [1.29, 1.82) is 0 Å². The van der Waals surface area contributed by atoms with Gasteiger partial charge in [0.2, 0.25) is 5.91 Å². The van der Waals surface area contributed by atoms with Crippen molar-refractivity contribution < 1.29 is 14.3 Å². The minimum Gasteiger partial charge on any atom is -0.484 e. The molecule has 0 spiro atoms. The molecule has 2 amide bonds. The monoisotopic (exact) mass is 318 g/mol. The van der Waals surface area contributed by atoms with Crippen molar-refractivity contribution in [2.45, 2.75) is 32.6 Å². The lowest BCUT2D eigenvalue weighted by molar-refractivity contribution is -0.134. The van der Waals surface area contributed by atoms with Gasteiger partial charge in [0.15, 0.2) is 6.61 Å². The molecule has 0 atom stereocenters. The molecule has 0 bridgehead atoms. The fourth-order valence-electron chi connectivity index (χ4n) is 2.66. The molecule has 126 valence electrons. The fraction of sp³-hybridized carbons (Fsp3) is 0.556. The first-order valence-corrected chi connectivity index (χ1v) is 8.44. The van der Waals surface area contributed by atoms with Gasteiger partial charge in [-0.25, -0.2) is 0 Å². The van der Waals surface area contributed by atoms with E-state index in [2.05, 4.69) is 6.92 Å².